The SMILES string of the molecule is O=C(NC1CC1)C1CC(=O)N(CC2CCN(C(=O)c3ccc(F)cn3)CC2)C1. The van der Waals surface area contributed by atoms with Crippen molar-refractivity contribution in [2.45, 2.75) is 38.1 Å². The van der Waals surface area contributed by atoms with Gasteiger partial charge < -0.3 is 15.1 Å². The molecule has 1 N–H and O–H groups in total. The van der Waals surface area contributed by atoms with Crippen molar-refractivity contribution in [3.05, 3.63) is 29.8 Å². The van der Waals surface area contributed by atoms with Crippen LogP contribution in [-0.4, -0.2) is 64.7 Å². The molecule has 1 aromatic heterocycles. The van der Waals surface area contributed by atoms with Crippen LogP contribution < -0.4 is 5.32 Å². The fourth-order valence-electron chi connectivity index (χ4n) is 3.97. The summed E-state index contributed by atoms with van der Waals surface area (Å²) in [6.45, 7) is 2.32. The smallest absolute Gasteiger partial charge is 0.272 e. The highest BCUT2D eigenvalue weighted by atomic mass is 19.1. The Labute approximate surface area is 163 Å². The van der Waals surface area contributed by atoms with Gasteiger partial charge in [-0.3, -0.25) is 14.4 Å². The molecule has 3 aliphatic rings. The number of amides is 3. The third kappa shape index (κ3) is 4.31. The number of piperidine rings is 1. The van der Waals surface area contributed by atoms with E-state index in [1.165, 1.54) is 12.1 Å². The van der Waals surface area contributed by atoms with Crippen molar-refractivity contribution in [1.82, 2.24) is 20.1 Å². The highest BCUT2D eigenvalue weighted by molar-refractivity contribution is 5.92. The van der Waals surface area contributed by atoms with E-state index in [1.807, 2.05) is 0 Å². The van der Waals surface area contributed by atoms with E-state index >= 15 is 0 Å². The first kappa shape index (κ1) is 18.8. The number of halogens is 1. The molecule has 0 spiro atoms. The summed E-state index contributed by atoms with van der Waals surface area (Å²) < 4.78 is 13.0. The third-order valence-electron chi connectivity index (χ3n) is 5.84. The third-order valence-corrected chi connectivity index (χ3v) is 5.84. The van der Waals surface area contributed by atoms with Crippen molar-refractivity contribution >= 4 is 17.7 Å². The molecule has 2 saturated heterocycles. The number of aromatic nitrogens is 1. The van der Waals surface area contributed by atoms with E-state index in [4.69, 9.17) is 0 Å². The number of hydrogen-bond donors (Lipinski definition) is 1. The summed E-state index contributed by atoms with van der Waals surface area (Å²) in [4.78, 5) is 44.3. The van der Waals surface area contributed by atoms with Crippen LogP contribution in [0.1, 0.15) is 42.6 Å². The Hall–Kier alpha value is -2.51. The minimum Gasteiger partial charge on any atom is -0.353 e. The summed E-state index contributed by atoms with van der Waals surface area (Å²) in [7, 11) is 0. The van der Waals surface area contributed by atoms with Gasteiger partial charge in [-0.1, -0.05) is 0 Å². The molecular formula is C20H25FN4O3. The van der Waals surface area contributed by atoms with Gasteiger partial charge in [0, 0.05) is 38.6 Å². The average Bonchev–Trinajstić information content (AvgIpc) is 3.44. The van der Waals surface area contributed by atoms with Crippen LogP contribution in [-0.2, 0) is 9.59 Å². The summed E-state index contributed by atoms with van der Waals surface area (Å²) in [5, 5.41) is 2.99. The van der Waals surface area contributed by atoms with E-state index in [-0.39, 0.29) is 29.3 Å². The van der Waals surface area contributed by atoms with E-state index in [9.17, 15) is 18.8 Å². The molecule has 0 bridgehead atoms. The van der Waals surface area contributed by atoms with E-state index in [1.54, 1.807) is 9.80 Å². The molecule has 8 heteroatoms. The first-order chi connectivity index (χ1) is 13.5. The van der Waals surface area contributed by atoms with Gasteiger partial charge in [-0.05, 0) is 43.7 Å². The monoisotopic (exact) mass is 388 g/mol. The Morgan fingerprint density at radius 2 is 1.93 bits per heavy atom. The van der Waals surface area contributed by atoms with Crippen LogP contribution in [0.25, 0.3) is 0 Å². The Morgan fingerprint density at radius 1 is 1.18 bits per heavy atom. The summed E-state index contributed by atoms with van der Waals surface area (Å²) in [6, 6.07) is 2.95. The predicted octanol–water partition coefficient (Wildman–Crippen LogP) is 1.20. The van der Waals surface area contributed by atoms with Gasteiger partial charge in [0.1, 0.15) is 11.5 Å². The second kappa shape index (κ2) is 7.85. The zero-order valence-corrected chi connectivity index (χ0v) is 15.8. The van der Waals surface area contributed by atoms with Gasteiger partial charge in [0.2, 0.25) is 11.8 Å². The van der Waals surface area contributed by atoms with Crippen molar-refractivity contribution in [2.24, 2.45) is 11.8 Å². The summed E-state index contributed by atoms with van der Waals surface area (Å²) in [5.41, 5.74) is 0.249. The molecule has 150 valence electrons. The maximum absolute atomic E-state index is 13.0. The van der Waals surface area contributed by atoms with Crippen LogP contribution in [0.2, 0.25) is 0 Å². The molecule has 1 saturated carbocycles. The summed E-state index contributed by atoms with van der Waals surface area (Å²) in [6.07, 6.45) is 5.04. The molecule has 3 amide bonds. The fraction of sp³-hybridized carbons (Fsp3) is 0.600. The largest absolute Gasteiger partial charge is 0.353 e. The highest BCUT2D eigenvalue weighted by Crippen LogP contribution is 2.26. The van der Waals surface area contributed by atoms with E-state index in [2.05, 4.69) is 10.3 Å². The number of pyridine rings is 1. The maximum Gasteiger partial charge on any atom is 0.272 e. The Morgan fingerprint density at radius 3 is 2.57 bits per heavy atom. The fourth-order valence-corrected chi connectivity index (χ4v) is 3.97. The minimum atomic E-state index is -0.463. The lowest BCUT2D eigenvalue weighted by atomic mass is 9.96. The molecule has 1 aromatic rings. The average molecular weight is 388 g/mol. The van der Waals surface area contributed by atoms with Crippen LogP contribution in [0.4, 0.5) is 4.39 Å². The van der Waals surface area contributed by atoms with E-state index in [0.717, 1.165) is 31.9 Å². The molecular weight excluding hydrogens is 363 g/mol. The lowest BCUT2D eigenvalue weighted by Crippen LogP contribution is -2.42. The number of carbonyl (C=O) groups excluding carboxylic acids is 3. The Kier molecular flexibility index (Phi) is 5.28. The standard InChI is InChI=1S/C20H25FN4O3/c21-15-1-4-17(22-10-15)20(28)24-7-5-13(6-8-24)11-25-12-14(9-18(25)26)19(27)23-16-2-3-16/h1,4,10,13-14,16H,2-3,5-9,11-12H2,(H,23,27). The molecule has 3 fully saturated rings. The molecule has 1 atom stereocenters. The number of rotatable bonds is 5. The van der Waals surface area contributed by atoms with Gasteiger partial charge in [0.25, 0.3) is 5.91 Å². The second-order valence-electron chi connectivity index (χ2n) is 8.08. The van der Waals surface area contributed by atoms with Gasteiger partial charge in [-0.15, -0.1) is 0 Å². The van der Waals surface area contributed by atoms with Crippen molar-refractivity contribution in [3.8, 4) is 0 Å². The topological polar surface area (TPSA) is 82.6 Å². The summed E-state index contributed by atoms with van der Waals surface area (Å²) in [5.74, 6) is -0.517. The van der Waals surface area contributed by atoms with Gasteiger partial charge in [0.15, 0.2) is 0 Å². The lowest BCUT2D eigenvalue weighted by Gasteiger charge is -2.33. The molecule has 1 aliphatic carbocycles. The molecule has 1 unspecified atom stereocenters. The number of nitrogens with zero attached hydrogens (tertiary/aromatic N) is 3. The highest BCUT2D eigenvalue weighted by Gasteiger charge is 2.37. The second-order valence-corrected chi connectivity index (χ2v) is 8.08. The molecule has 0 aromatic carbocycles. The van der Waals surface area contributed by atoms with Gasteiger partial charge in [-0.25, -0.2) is 9.37 Å². The van der Waals surface area contributed by atoms with Crippen molar-refractivity contribution in [3.63, 3.8) is 0 Å². The van der Waals surface area contributed by atoms with Gasteiger partial charge in [0.05, 0.1) is 12.1 Å². The normalized spacial score (nSPS) is 23.2. The van der Waals surface area contributed by atoms with Crippen molar-refractivity contribution in [1.29, 1.82) is 0 Å². The first-order valence-corrected chi connectivity index (χ1v) is 9.98. The van der Waals surface area contributed by atoms with Crippen molar-refractivity contribution < 1.29 is 18.8 Å². The van der Waals surface area contributed by atoms with Crippen LogP contribution in [0, 0.1) is 17.7 Å². The predicted molar refractivity (Wildman–Crippen MR) is 98.7 cm³/mol. The van der Waals surface area contributed by atoms with Crippen LogP contribution in [0.5, 0.6) is 0 Å². The first-order valence-electron chi connectivity index (χ1n) is 9.98. The molecule has 2 aliphatic heterocycles. The minimum absolute atomic E-state index is 0.00515. The number of likely N-dealkylation sites (tertiary alicyclic amines) is 2. The maximum atomic E-state index is 13.0. The molecule has 4 rings (SSSR count). The van der Waals surface area contributed by atoms with Crippen molar-refractivity contribution in [2.75, 3.05) is 26.2 Å². The van der Waals surface area contributed by atoms with Gasteiger partial charge >= 0.3 is 0 Å². The molecule has 7 nitrogen and oxygen atoms in total. The zero-order valence-electron chi connectivity index (χ0n) is 15.8. The Bertz CT molecular complexity index is 757. The molecule has 0 radical (unpaired) electrons. The number of carbonyl (C=O) groups is 3. The van der Waals surface area contributed by atoms with E-state index in [0.29, 0.717) is 44.6 Å². The quantitative estimate of drug-likeness (QED) is 0.822. The van der Waals surface area contributed by atoms with Crippen LogP contribution in [0.3, 0.4) is 0 Å². The molecule has 28 heavy (non-hydrogen) atoms. The Balaban J connectivity index is 1.25. The number of hydrogen-bond acceptors (Lipinski definition) is 4. The van der Waals surface area contributed by atoms with Gasteiger partial charge in [-0.2, -0.15) is 0 Å². The lowest BCUT2D eigenvalue weighted by molar-refractivity contribution is -0.129. The van der Waals surface area contributed by atoms with Crippen LogP contribution >= 0.6 is 0 Å². The molecule has 3 heterocycles. The van der Waals surface area contributed by atoms with Crippen LogP contribution in [0.15, 0.2) is 18.3 Å². The zero-order chi connectivity index (χ0) is 19.7. The number of nitrogens with one attached hydrogen (secondary N) is 1. The summed E-state index contributed by atoms with van der Waals surface area (Å²) >= 11 is 0. The van der Waals surface area contributed by atoms with E-state index < -0.39 is 5.82 Å².